The van der Waals surface area contributed by atoms with Gasteiger partial charge in [-0.2, -0.15) is 8.78 Å². The van der Waals surface area contributed by atoms with E-state index in [2.05, 4.69) is 9.72 Å². The molecule has 1 heterocycles. The minimum atomic E-state index is -4.66. The summed E-state index contributed by atoms with van der Waals surface area (Å²) in [6, 6.07) is 10.6. The third kappa shape index (κ3) is 6.31. The quantitative estimate of drug-likeness (QED) is 0.0895. The number of benzene rings is 3. The van der Waals surface area contributed by atoms with Crippen molar-refractivity contribution in [1.82, 2.24) is 10.1 Å². The summed E-state index contributed by atoms with van der Waals surface area (Å²) in [5.74, 6) is -3.21. The highest BCUT2D eigenvalue weighted by Gasteiger charge is 2.49. The van der Waals surface area contributed by atoms with Gasteiger partial charge in [0.05, 0.1) is 25.0 Å². The Labute approximate surface area is 226 Å². The molecule has 210 valence electrons. The molecule has 6 nitrogen and oxygen atoms in total. The number of halogens is 5. The van der Waals surface area contributed by atoms with Gasteiger partial charge in [0.25, 0.3) is 0 Å². The van der Waals surface area contributed by atoms with Crippen LogP contribution in [0.2, 0.25) is 0 Å². The third-order valence-electron chi connectivity index (χ3n) is 6.16. The normalized spacial score (nSPS) is 12.4. The average Bonchev–Trinajstić information content (AvgIpc) is 3.33. The van der Waals surface area contributed by atoms with E-state index in [1.807, 2.05) is 37.3 Å². The lowest BCUT2D eigenvalue weighted by molar-refractivity contribution is -0.266. The van der Waals surface area contributed by atoms with Crippen molar-refractivity contribution in [2.75, 3.05) is 13.7 Å². The number of aromatic nitrogens is 1. The molecule has 4 aromatic rings. The van der Waals surface area contributed by atoms with Gasteiger partial charge in [-0.15, -0.1) is 4.48 Å². The van der Waals surface area contributed by atoms with E-state index < -0.39 is 46.8 Å². The van der Waals surface area contributed by atoms with E-state index in [9.17, 15) is 26.8 Å². The largest absolute Gasteiger partial charge is 0.493 e. The zero-order valence-electron chi connectivity index (χ0n) is 21.5. The Kier molecular flexibility index (Phi) is 8.83. The molecule has 4 rings (SSSR count). The minimum Gasteiger partial charge on any atom is -0.493 e. The molecule has 0 aliphatic rings. The second kappa shape index (κ2) is 12.3. The SMILES string of the molecule is COC(=O)[C@H](Cc1ccc(OCCc2nc(-c3ccccc3)oc2C)cc1)N(F)C(F)(F)c1cccc(F)c1F. The van der Waals surface area contributed by atoms with Crippen molar-refractivity contribution in [3.63, 3.8) is 0 Å². The molecule has 0 amide bonds. The summed E-state index contributed by atoms with van der Waals surface area (Å²) in [5.41, 5.74) is 0.325. The zero-order valence-corrected chi connectivity index (χ0v) is 21.5. The van der Waals surface area contributed by atoms with Gasteiger partial charge >= 0.3 is 12.0 Å². The Morgan fingerprint density at radius 2 is 1.73 bits per heavy atom. The monoisotopic (exact) mass is 560 g/mol. The molecule has 0 aliphatic carbocycles. The summed E-state index contributed by atoms with van der Waals surface area (Å²) in [4.78, 5) is 16.7. The number of rotatable bonds is 11. The number of esters is 1. The van der Waals surface area contributed by atoms with Gasteiger partial charge in [0.1, 0.15) is 17.6 Å². The summed E-state index contributed by atoms with van der Waals surface area (Å²) in [6.45, 7) is 2.07. The van der Waals surface area contributed by atoms with E-state index in [0.717, 1.165) is 24.4 Å². The molecular formula is C29H25F5N2O4. The lowest BCUT2D eigenvalue weighted by Gasteiger charge is -2.29. The van der Waals surface area contributed by atoms with E-state index in [1.165, 1.54) is 24.3 Å². The Hall–Kier alpha value is -4.25. The molecule has 0 saturated carbocycles. The highest BCUT2D eigenvalue weighted by molar-refractivity contribution is 5.76. The van der Waals surface area contributed by atoms with Crippen LogP contribution in [0.1, 0.15) is 22.6 Å². The fourth-order valence-electron chi connectivity index (χ4n) is 4.01. The lowest BCUT2D eigenvalue weighted by atomic mass is 10.0. The fraction of sp³-hybridized carbons (Fsp3) is 0.241. The van der Waals surface area contributed by atoms with Crippen LogP contribution < -0.4 is 4.74 Å². The zero-order chi connectivity index (χ0) is 28.9. The van der Waals surface area contributed by atoms with Crippen molar-refractivity contribution in [2.24, 2.45) is 0 Å². The van der Waals surface area contributed by atoms with Gasteiger partial charge in [0, 0.05) is 18.4 Å². The number of alkyl halides is 2. The summed E-state index contributed by atoms with van der Waals surface area (Å²) < 4.78 is 88.1. The molecular weight excluding hydrogens is 535 g/mol. The van der Waals surface area contributed by atoms with E-state index in [-0.39, 0.29) is 6.61 Å². The van der Waals surface area contributed by atoms with Crippen LogP contribution in [-0.4, -0.2) is 35.8 Å². The molecule has 1 atom stereocenters. The van der Waals surface area contributed by atoms with Crippen LogP contribution in [0.25, 0.3) is 11.5 Å². The molecule has 0 saturated heterocycles. The van der Waals surface area contributed by atoms with Gasteiger partial charge < -0.3 is 13.9 Å². The smallest absolute Gasteiger partial charge is 0.360 e. The van der Waals surface area contributed by atoms with Crippen LogP contribution in [0.3, 0.4) is 0 Å². The first-order valence-corrected chi connectivity index (χ1v) is 12.2. The molecule has 0 unspecified atom stereocenters. The first-order chi connectivity index (χ1) is 19.1. The Bertz CT molecular complexity index is 1440. The highest BCUT2D eigenvalue weighted by Crippen LogP contribution is 2.37. The van der Waals surface area contributed by atoms with Crippen molar-refractivity contribution >= 4 is 5.97 Å². The molecule has 0 fully saturated rings. The molecule has 0 aliphatic heterocycles. The number of oxazole rings is 1. The molecule has 0 N–H and O–H groups in total. The number of nitrogens with zero attached hydrogens (tertiary/aromatic N) is 2. The molecule has 11 heteroatoms. The Morgan fingerprint density at radius 3 is 2.40 bits per heavy atom. The number of hydrogen-bond acceptors (Lipinski definition) is 6. The van der Waals surface area contributed by atoms with Crippen molar-refractivity contribution in [2.45, 2.75) is 31.9 Å². The van der Waals surface area contributed by atoms with E-state index in [0.29, 0.717) is 41.5 Å². The van der Waals surface area contributed by atoms with Gasteiger partial charge in [-0.1, -0.05) is 41.5 Å². The van der Waals surface area contributed by atoms with Crippen molar-refractivity contribution in [3.8, 4) is 17.2 Å². The Balaban J connectivity index is 1.40. The standard InChI is InChI=1S/C29H25F5N2O4/c1-18-24(35-27(40-18)20-7-4-3-5-8-20)15-16-39-21-13-11-19(12-14-21)17-25(28(37)38-2)36(34)29(32,33)22-9-6-10-23(30)26(22)31/h3-14,25H,15-17H2,1-2H3/t25-/m0/s1. The minimum absolute atomic E-state index is 0.259. The number of aryl methyl sites for hydroxylation is 1. The third-order valence-corrected chi connectivity index (χ3v) is 6.16. The molecule has 0 spiro atoms. The van der Waals surface area contributed by atoms with Crippen molar-refractivity contribution in [1.29, 1.82) is 0 Å². The summed E-state index contributed by atoms with van der Waals surface area (Å²) in [6.07, 6.45) is -0.0900. The van der Waals surface area contributed by atoms with E-state index in [4.69, 9.17) is 9.15 Å². The maximum Gasteiger partial charge on any atom is 0.360 e. The molecule has 3 aromatic carbocycles. The number of hydrogen-bond donors (Lipinski definition) is 0. The first kappa shape index (κ1) is 28.8. The van der Waals surface area contributed by atoms with Gasteiger partial charge in [0.15, 0.2) is 11.6 Å². The van der Waals surface area contributed by atoms with Gasteiger partial charge in [-0.25, -0.2) is 13.8 Å². The maximum atomic E-state index is 15.0. The number of methoxy groups -OCH3 is 1. The van der Waals surface area contributed by atoms with Crippen molar-refractivity contribution in [3.05, 3.63) is 107 Å². The molecule has 0 bridgehead atoms. The molecule has 0 radical (unpaired) electrons. The second-order valence-electron chi connectivity index (χ2n) is 8.83. The maximum absolute atomic E-state index is 15.0. The van der Waals surface area contributed by atoms with Crippen LogP contribution in [0.5, 0.6) is 5.75 Å². The summed E-state index contributed by atoms with van der Waals surface area (Å²) in [7, 11) is 0.903. The molecule has 1 aromatic heterocycles. The first-order valence-electron chi connectivity index (χ1n) is 12.2. The van der Waals surface area contributed by atoms with Crippen LogP contribution >= 0.6 is 0 Å². The number of ether oxygens (including phenoxy) is 2. The van der Waals surface area contributed by atoms with Gasteiger partial charge in [0.2, 0.25) is 5.89 Å². The van der Waals surface area contributed by atoms with Crippen LogP contribution in [0.15, 0.2) is 77.2 Å². The van der Waals surface area contributed by atoms with Crippen LogP contribution in [0, 0.1) is 18.6 Å². The summed E-state index contributed by atoms with van der Waals surface area (Å²) in [5, 5.41) is -1.12. The predicted molar refractivity (Wildman–Crippen MR) is 135 cm³/mol. The van der Waals surface area contributed by atoms with E-state index in [1.54, 1.807) is 0 Å². The van der Waals surface area contributed by atoms with Gasteiger partial charge in [-0.05, 0) is 48.9 Å². The topological polar surface area (TPSA) is 64.8 Å². The number of carbonyl (C=O) groups is 1. The van der Waals surface area contributed by atoms with Gasteiger partial charge in [-0.3, -0.25) is 4.79 Å². The van der Waals surface area contributed by atoms with Crippen LogP contribution in [-0.2, 0) is 28.4 Å². The fourth-order valence-corrected chi connectivity index (χ4v) is 4.01. The van der Waals surface area contributed by atoms with Crippen LogP contribution in [0.4, 0.5) is 22.0 Å². The average molecular weight is 561 g/mol. The second-order valence-corrected chi connectivity index (χ2v) is 8.83. The van der Waals surface area contributed by atoms with Crippen molar-refractivity contribution < 1.29 is 40.7 Å². The Morgan fingerprint density at radius 1 is 1.02 bits per heavy atom. The summed E-state index contributed by atoms with van der Waals surface area (Å²) >= 11 is 0. The lowest BCUT2D eigenvalue weighted by Crippen LogP contribution is -2.47. The highest BCUT2D eigenvalue weighted by atomic mass is 19.3. The molecule has 40 heavy (non-hydrogen) atoms. The number of carbonyl (C=O) groups excluding carboxylic acids is 1. The van der Waals surface area contributed by atoms with E-state index >= 15 is 0 Å². The predicted octanol–water partition coefficient (Wildman–Crippen LogP) is 6.57.